The molecule has 1 aromatic rings. The topological polar surface area (TPSA) is 179 Å². The molecule has 4 atom stereocenters. The molecule has 168 valence electrons. The molecule has 0 radical (unpaired) electrons. The number of rotatable bonds is 3. The molecule has 0 saturated carbocycles. The molecule has 11 heteroatoms. The van der Waals surface area contributed by atoms with Crippen molar-refractivity contribution in [2.45, 2.75) is 55.8 Å². The van der Waals surface area contributed by atoms with Gasteiger partial charge < -0.3 is 41.7 Å². The van der Waals surface area contributed by atoms with Gasteiger partial charge in [-0.2, -0.15) is 0 Å². The highest BCUT2D eigenvalue weighted by atomic mass is 16.6. The van der Waals surface area contributed by atoms with Gasteiger partial charge in [-0.1, -0.05) is 32.9 Å². The molecular weight excluding hydrogens is 404 g/mol. The lowest BCUT2D eigenvalue weighted by Crippen LogP contribution is -2.77. The minimum Gasteiger partial charge on any atom is -0.451 e. The van der Waals surface area contributed by atoms with Gasteiger partial charge in [0.05, 0.1) is 18.7 Å². The first-order valence-corrected chi connectivity index (χ1v) is 10.0. The van der Waals surface area contributed by atoms with Crippen LogP contribution >= 0.6 is 0 Å². The molecule has 0 aliphatic carbocycles. The Balaban J connectivity index is 1.62. The van der Waals surface area contributed by atoms with E-state index in [2.05, 4.69) is 36.1 Å². The summed E-state index contributed by atoms with van der Waals surface area (Å²) in [5, 5.41) is 34.8. The number of hydrogen-bond acceptors (Lipinski definition) is 11. The van der Waals surface area contributed by atoms with Crippen LogP contribution in [-0.2, 0) is 10.2 Å². The van der Waals surface area contributed by atoms with Crippen molar-refractivity contribution >= 4 is 17.9 Å². The first-order chi connectivity index (χ1) is 14.4. The van der Waals surface area contributed by atoms with E-state index in [0.29, 0.717) is 0 Å². The molecular formula is C20H28N6O5. The third-order valence-electron chi connectivity index (χ3n) is 6.17. The van der Waals surface area contributed by atoms with Crippen molar-refractivity contribution in [3.05, 3.63) is 35.4 Å². The summed E-state index contributed by atoms with van der Waals surface area (Å²) >= 11 is 0. The van der Waals surface area contributed by atoms with Gasteiger partial charge in [0, 0.05) is 0 Å². The number of nitrogens with two attached hydrogens (primary N) is 2. The van der Waals surface area contributed by atoms with Crippen LogP contribution in [0.3, 0.4) is 0 Å². The third-order valence-corrected chi connectivity index (χ3v) is 6.17. The molecule has 8 N–H and O–H groups in total. The average molecular weight is 432 g/mol. The standard InChI is InChI=1S/C20H28N6O5/c1-18(2,3)11-6-4-10(5-7-11)15(28)31-13-8-26-17(22)23-12(9-27)14-19(26,20(13,29)30)25-16(21)24-14/h4-7,12-14,27,29-30H,8-9H2,1-3H3,(H2,22,23)(H3,21,24,25)/t12-,13-,14-,19?/m0/s1. The zero-order valence-corrected chi connectivity index (χ0v) is 17.6. The molecule has 1 spiro atoms. The van der Waals surface area contributed by atoms with Crippen LogP contribution in [-0.4, -0.2) is 80.9 Å². The second kappa shape index (κ2) is 6.81. The van der Waals surface area contributed by atoms with Crippen LogP contribution in [0.5, 0.6) is 0 Å². The lowest BCUT2D eigenvalue weighted by molar-refractivity contribution is -0.257. The van der Waals surface area contributed by atoms with Crippen LogP contribution in [0.2, 0.25) is 0 Å². The lowest BCUT2D eigenvalue weighted by Gasteiger charge is -2.48. The van der Waals surface area contributed by atoms with E-state index in [4.69, 9.17) is 16.2 Å². The summed E-state index contributed by atoms with van der Waals surface area (Å²) in [7, 11) is 0. The van der Waals surface area contributed by atoms with Gasteiger partial charge in [-0.25, -0.2) is 14.8 Å². The first-order valence-electron chi connectivity index (χ1n) is 10.0. The summed E-state index contributed by atoms with van der Waals surface area (Å²) in [4.78, 5) is 22.5. The Morgan fingerprint density at radius 1 is 1.26 bits per heavy atom. The van der Waals surface area contributed by atoms with E-state index in [-0.39, 0.29) is 29.4 Å². The van der Waals surface area contributed by atoms with Crippen molar-refractivity contribution in [1.82, 2.24) is 10.2 Å². The monoisotopic (exact) mass is 432 g/mol. The van der Waals surface area contributed by atoms with E-state index in [0.717, 1.165) is 5.56 Å². The van der Waals surface area contributed by atoms with Crippen molar-refractivity contribution in [1.29, 1.82) is 0 Å². The van der Waals surface area contributed by atoms with Crippen LogP contribution < -0.4 is 16.8 Å². The number of carbonyl (C=O) groups is 1. The highest BCUT2D eigenvalue weighted by Gasteiger charge is 2.74. The van der Waals surface area contributed by atoms with E-state index >= 15 is 0 Å². The molecule has 1 saturated heterocycles. The molecule has 0 amide bonds. The SMILES string of the molecule is CC(C)(C)c1ccc(C(=O)O[C@H]2CN3C(N)=N[C@@H](CO)[C@@H]4N=C(N)NC43C2(O)O)cc1. The number of aliphatic hydroxyl groups excluding tert-OH is 1. The molecule has 3 aliphatic heterocycles. The number of ether oxygens (including phenoxy) is 1. The Labute approximate surface area is 179 Å². The summed E-state index contributed by atoms with van der Waals surface area (Å²) in [6, 6.07) is 5.14. The zero-order valence-electron chi connectivity index (χ0n) is 17.6. The summed E-state index contributed by atoms with van der Waals surface area (Å²) in [5.41, 5.74) is 11.4. The number of aliphatic imine (C=N–C) groups is 2. The molecule has 0 aromatic heterocycles. The number of hydrogen-bond donors (Lipinski definition) is 6. The Kier molecular flexibility index (Phi) is 4.69. The molecule has 1 unspecified atom stereocenters. The number of esters is 1. The maximum Gasteiger partial charge on any atom is 0.338 e. The Morgan fingerprint density at radius 3 is 2.48 bits per heavy atom. The van der Waals surface area contributed by atoms with Crippen LogP contribution in [0.4, 0.5) is 0 Å². The van der Waals surface area contributed by atoms with Gasteiger partial charge in [-0.3, -0.25) is 0 Å². The molecule has 11 nitrogen and oxygen atoms in total. The molecule has 0 bridgehead atoms. The summed E-state index contributed by atoms with van der Waals surface area (Å²) in [6.07, 6.45) is -1.38. The second-order valence-electron chi connectivity index (χ2n) is 9.15. The maximum absolute atomic E-state index is 12.8. The summed E-state index contributed by atoms with van der Waals surface area (Å²) < 4.78 is 5.50. The normalized spacial score (nSPS) is 31.3. The van der Waals surface area contributed by atoms with E-state index < -0.39 is 42.2 Å². The van der Waals surface area contributed by atoms with E-state index in [1.165, 1.54) is 4.90 Å². The van der Waals surface area contributed by atoms with E-state index in [9.17, 15) is 20.1 Å². The van der Waals surface area contributed by atoms with Gasteiger partial charge in [0.15, 0.2) is 23.7 Å². The quantitative estimate of drug-likeness (QED) is 0.237. The summed E-state index contributed by atoms with van der Waals surface area (Å²) in [5.74, 6) is -3.45. The Hall–Kier alpha value is -2.89. The number of guanidine groups is 2. The number of nitrogens with zero attached hydrogens (tertiary/aromatic N) is 3. The predicted octanol–water partition coefficient (Wildman–Crippen LogP) is -1.82. The second-order valence-corrected chi connectivity index (χ2v) is 9.15. The van der Waals surface area contributed by atoms with Crippen LogP contribution in [0.15, 0.2) is 34.3 Å². The van der Waals surface area contributed by atoms with Crippen LogP contribution in [0, 0.1) is 0 Å². The van der Waals surface area contributed by atoms with E-state index in [1.807, 2.05) is 12.1 Å². The molecule has 3 aliphatic rings. The maximum atomic E-state index is 12.8. The highest BCUT2D eigenvalue weighted by molar-refractivity contribution is 5.90. The molecule has 31 heavy (non-hydrogen) atoms. The van der Waals surface area contributed by atoms with Gasteiger partial charge in [0.25, 0.3) is 0 Å². The van der Waals surface area contributed by atoms with Crippen molar-refractivity contribution in [3.63, 3.8) is 0 Å². The van der Waals surface area contributed by atoms with Gasteiger partial charge in [-0.05, 0) is 23.1 Å². The number of aliphatic hydroxyl groups is 3. The van der Waals surface area contributed by atoms with Gasteiger partial charge in [0.2, 0.25) is 5.79 Å². The predicted molar refractivity (Wildman–Crippen MR) is 112 cm³/mol. The Morgan fingerprint density at radius 2 is 1.90 bits per heavy atom. The minimum atomic E-state index is -2.63. The molecule has 3 heterocycles. The van der Waals surface area contributed by atoms with E-state index in [1.54, 1.807) is 12.1 Å². The molecule has 1 aromatic carbocycles. The number of nitrogens with one attached hydrogen (secondary N) is 1. The third kappa shape index (κ3) is 3.03. The lowest BCUT2D eigenvalue weighted by atomic mass is 9.86. The number of benzene rings is 1. The largest absolute Gasteiger partial charge is 0.451 e. The van der Waals surface area contributed by atoms with Gasteiger partial charge >= 0.3 is 5.97 Å². The first kappa shape index (κ1) is 21.3. The fraction of sp³-hybridized carbons (Fsp3) is 0.550. The Bertz CT molecular complexity index is 954. The van der Waals surface area contributed by atoms with Crippen LogP contribution in [0.1, 0.15) is 36.7 Å². The fourth-order valence-electron chi connectivity index (χ4n) is 4.48. The van der Waals surface area contributed by atoms with Gasteiger partial charge in [0.1, 0.15) is 12.1 Å². The minimum absolute atomic E-state index is 0.0479. The van der Waals surface area contributed by atoms with Crippen molar-refractivity contribution in [2.75, 3.05) is 13.2 Å². The molecule has 4 rings (SSSR count). The smallest absolute Gasteiger partial charge is 0.338 e. The molecule has 1 fully saturated rings. The summed E-state index contributed by atoms with van der Waals surface area (Å²) in [6.45, 7) is 5.60. The van der Waals surface area contributed by atoms with Crippen molar-refractivity contribution in [2.24, 2.45) is 21.5 Å². The van der Waals surface area contributed by atoms with Crippen molar-refractivity contribution in [3.8, 4) is 0 Å². The van der Waals surface area contributed by atoms with Gasteiger partial charge in [-0.15, -0.1) is 0 Å². The number of carbonyl (C=O) groups excluding carboxylic acids is 1. The zero-order chi connectivity index (χ0) is 22.8. The van der Waals surface area contributed by atoms with Crippen LogP contribution in [0.25, 0.3) is 0 Å². The average Bonchev–Trinajstić information content (AvgIpc) is 3.16. The fourth-order valence-corrected chi connectivity index (χ4v) is 4.48. The highest BCUT2D eigenvalue weighted by Crippen LogP contribution is 2.45. The van der Waals surface area contributed by atoms with Crippen molar-refractivity contribution < 1.29 is 24.9 Å².